The van der Waals surface area contributed by atoms with Gasteiger partial charge in [-0.25, -0.2) is 4.98 Å². The molecule has 1 aliphatic rings. The van der Waals surface area contributed by atoms with Crippen LogP contribution in [-0.2, 0) is 13.0 Å². The van der Waals surface area contributed by atoms with E-state index in [9.17, 15) is 4.79 Å². The summed E-state index contributed by atoms with van der Waals surface area (Å²) in [6, 6.07) is 9.54. The van der Waals surface area contributed by atoms with Crippen LogP contribution in [0.2, 0.25) is 0 Å². The van der Waals surface area contributed by atoms with Gasteiger partial charge in [0.2, 0.25) is 0 Å². The molecule has 8 nitrogen and oxygen atoms in total. The van der Waals surface area contributed by atoms with Crippen molar-refractivity contribution in [1.82, 2.24) is 24.3 Å². The number of rotatable bonds is 7. The van der Waals surface area contributed by atoms with Gasteiger partial charge in [0.25, 0.3) is 5.91 Å². The van der Waals surface area contributed by atoms with Gasteiger partial charge in [0.05, 0.1) is 24.7 Å². The number of pyridine rings is 1. The number of hydrogen-bond donors (Lipinski definition) is 1. The Hall–Kier alpha value is -3.94. The molecule has 180 valence electrons. The second-order valence-electron chi connectivity index (χ2n) is 8.99. The monoisotopic (exact) mass is 470 g/mol. The van der Waals surface area contributed by atoms with Crippen molar-refractivity contribution < 1.29 is 9.53 Å². The molecule has 35 heavy (non-hydrogen) atoms. The Morgan fingerprint density at radius 3 is 2.86 bits per heavy atom. The summed E-state index contributed by atoms with van der Waals surface area (Å²) >= 11 is 0. The molecule has 4 aromatic rings. The van der Waals surface area contributed by atoms with Crippen molar-refractivity contribution >= 4 is 17.2 Å². The normalized spacial score (nSPS) is 16.1. The van der Waals surface area contributed by atoms with Crippen molar-refractivity contribution in [1.29, 1.82) is 0 Å². The second-order valence-corrected chi connectivity index (χ2v) is 8.99. The number of fused-ring (bicyclic) bond motifs is 1. The van der Waals surface area contributed by atoms with E-state index >= 15 is 0 Å². The van der Waals surface area contributed by atoms with Gasteiger partial charge < -0.3 is 19.4 Å². The van der Waals surface area contributed by atoms with Crippen LogP contribution in [0.4, 0.5) is 5.69 Å². The number of hydrogen-bond acceptors (Lipinski definition) is 6. The maximum Gasteiger partial charge on any atom is 0.253 e. The Morgan fingerprint density at radius 1 is 1.11 bits per heavy atom. The highest BCUT2D eigenvalue weighted by atomic mass is 16.5. The zero-order chi connectivity index (χ0) is 24.0. The van der Waals surface area contributed by atoms with Crippen molar-refractivity contribution in [3.8, 4) is 5.75 Å². The number of aromatic nitrogens is 4. The fourth-order valence-corrected chi connectivity index (χ4v) is 4.70. The summed E-state index contributed by atoms with van der Waals surface area (Å²) in [5.41, 5.74) is 4.53. The van der Waals surface area contributed by atoms with Gasteiger partial charge in [-0.3, -0.25) is 14.8 Å². The lowest BCUT2D eigenvalue weighted by Gasteiger charge is -2.22. The van der Waals surface area contributed by atoms with E-state index in [0.29, 0.717) is 23.8 Å². The molecular formula is C27H30N6O2. The van der Waals surface area contributed by atoms with Crippen LogP contribution in [0.25, 0.3) is 5.65 Å². The molecular weight excluding hydrogens is 440 g/mol. The molecule has 0 spiro atoms. The van der Waals surface area contributed by atoms with E-state index in [4.69, 9.17) is 4.74 Å². The molecule has 1 saturated heterocycles. The molecule has 3 aromatic heterocycles. The minimum Gasteiger partial charge on any atom is -0.495 e. The summed E-state index contributed by atoms with van der Waals surface area (Å²) < 4.78 is 7.53. The van der Waals surface area contributed by atoms with Crippen molar-refractivity contribution in [2.45, 2.75) is 32.2 Å². The first-order valence-corrected chi connectivity index (χ1v) is 12.1. The molecule has 1 fully saturated rings. The average Bonchev–Trinajstić information content (AvgIpc) is 3.25. The van der Waals surface area contributed by atoms with Gasteiger partial charge in [-0.2, -0.15) is 0 Å². The van der Waals surface area contributed by atoms with Crippen LogP contribution < -0.4 is 10.1 Å². The predicted molar refractivity (Wildman–Crippen MR) is 134 cm³/mol. The number of amides is 1. The largest absolute Gasteiger partial charge is 0.495 e. The molecule has 1 amide bonds. The zero-order valence-electron chi connectivity index (χ0n) is 19.9. The van der Waals surface area contributed by atoms with Gasteiger partial charge in [0.1, 0.15) is 5.75 Å². The maximum absolute atomic E-state index is 13.4. The molecule has 5 rings (SSSR count). The first-order valence-electron chi connectivity index (χ1n) is 12.1. The smallest absolute Gasteiger partial charge is 0.253 e. The SMILES string of the molecule is COc1ccc(C(=O)N2CCCC(Cc3cn4ccnc4cn3)CC2)cc1NCc1ccncc1. The lowest BCUT2D eigenvalue weighted by molar-refractivity contribution is 0.0760. The summed E-state index contributed by atoms with van der Waals surface area (Å²) in [5.74, 6) is 1.29. The number of likely N-dealkylation sites (tertiary alicyclic amines) is 1. The molecule has 1 atom stereocenters. The first kappa shape index (κ1) is 22.8. The van der Waals surface area contributed by atoms with Gasteiger partial charge in [0.15, 0.2) is 5.65 Å². The van der Waals surface area contributed by atoms with Gasteiger partial charge in [-0.05, 0) is 67.5 Å². The first-order chi connectivity index (χ1) is 17.2. The van der Waals surface area contributed by atoms with Crippen LogP contribution in [0, 0.1) is 5.92 Å². The summed E-state index contributed by atoms with van der Waals surface area (Å²) in [6.45, 7) is 2.15. The second kappa shape index (κ2) is 10.5. The molecule has 0 saturated carbocycles. The van der Waals surface area contributed by atoms with Gasteiger partial charge >= 0.3 is 0 Å². The molecule has 1 unspecified atom stereocenters. The Balaban J connectivity index is 1.23. The highest BCUT2D eigenvalue weighted by molar-refractivity contribution is 5.95. The number of carbonyl (C=O) groups is 1. The Bertz CT molecular complexity index is 1290. The lowest BCUT2D eigenvalue weighted by atomic mass is 9.95. The van der Waals surface area contributed by atoms with Crippen LogP contribution in [0.15, 0.2) is 67.5 Å². The van der Waals surface area contributed by atoms with E-state index in [2.05, 4.69) is 26.5 Å². The summed E-state index contributed by atoms with van der Waals surface area (Å²) in [7, 11) is 1.64. The van der Waals surface area contributed by atoms with Crippen LogP contribution in [0.1, 0.15) is 40.9 Å². The summed E-state index contributed by atoms with van der Waals surface area (Å²) in [4.78, 5) is 28.3. The van der Waals surface area contributed by atoms with Crippen LogP contribution >= 0.6 is 0 Å². The number of benzene rings is 1. The predicted octanol–water partition coefficient (Wildman–Crippen LogP) is 4.23. The third-order valence-corrected chi connectivity index (χ3v) is 6.64. The van der Waals surface area contributed by atoms with E-state index in [1.165, 1.54) is 0 Å². The molecule has 0 aliphatic carbocycles. The van der Waals surface area contributed by atoms with E-state index < -0.39 is 0 Å². The van der Waals surface area contributed by atoms with E-state index in [1.54, 1.807) is 25.7 Å². The highest BCUT2D eigenvalue weighted by Crippen LogP contribution is 2.28. The van der Waals surface area contributed by atoms with Crippen molar-refractivity contribution in [3.05, 3.63) is 84.3 Å². The van der Waals surface area contributed by atoms with Crippen LogP contribution in [0.5, 0.6) is 5.75 Å². The minimum atomic E-state index is 0.0678. The maximum atomic E-state index is 13.4. The molecule has 0 radical (unpaired) electrons. The molecule has 0 bridgehead atoms. The Kier molecular flexibility index (Phi) is 6.88. The molecule has 1 aliphatic heterocycles. The van der Waals surface area contributed by atoms with Gasteiger partial charge in [0, 0.05) is 56.2 Å². The van der Waals surface area contributed by atoms with Crippen molar-refractivity contribution in [2.24, 2.45) is 5.92 Å². The van der Waals surface area contributed by atoms with Crippen LogP contribution in [0.3, 0.4) is 0 Å². The number of methoxy groups -OCH3 is 1. The number of ether oxygens (including phenoxy) is 1. The number of imidazole rings is 1. The van der Waals surface area contributed by atoms with E-state index in [-0.39, 0.29) is 5.91 Å². The number of anilines is 1. The quantitative estimate of drug-likeness (QED) is 0.435. The van der Waals surface area contributed by atoms with Crippen LogP contribution in [-0.4, -0.2) is 50.4 Å². The number of nitrogens with one attached hydrogen (secondary N) is 1. The summed E-state index contributed by atoms with van der Waals surface area (Å²) in [5, 5.41) is 3.40. The molecule has 1 aromatic carbocycles. The number of nitrogens with zero attached hydrogens (tertiary/aromatic N) is 5. The highest BCUT2D eigenvalue weighted by Gasteiger charge is 2.23. The van der Waals surface area contributed by atoms with Crippen molar-refractivity contribution in [3.63, 3.8) is 0 Å². The number of carbonyl (C=O) groups excluding carboxylic acids is 1. The standard InChI is InChI=1S/C27H30N6O2/c1-35-25-5-4-22(16-24(25)31-17-21-6-9-28-10-7-21)27(34)32-12-2-3-20(8-13-32)15-23-19-33-14-11-29-26(33)18-30-23/h4-7,9-11,14,16,18-20,31H,2-3,8,12-13,15,17H2,1H3. The van der Waals surface area contributed by atoms with Crippen molar-refractivity contribution in [2.75, 3.05) is 25.5 Å². The molecule has 4 heterocycles. The third kappa shape index (κ3) is 5.42. The van der Waals surface area contributed by atoms with Gasteiger partial charge in [-0.1, -0.05) is 0 Å². The lowest BCUT2D eigenvalue weighted by Crippen LogP contribution is -2.32. The average molecular weight is 471 g/mol. The third-order valence-electron chi connectivity index (χ3n) is 6.64. The van der Waals surface area contributed by atoms with E-state index in [1.807, 2.05) is 52.0 Å². The fourth-order valence-electron chi connectivity index (χ4n) is 4.70. The molecule has 1 N–H and O–H groups in total. The van der Waals surface area contributed by atoms with E-state index in [0.717, 1.165) is 61.4 Å². The summed E-state index contributed by atoms with van der Waals surface area (Å²) in [6.07, 6.45) is 15.1. The fraction of sp³-hybridized carbons (Fsp3) is 0.333. The van der Waals surface area contributed by atoms with Gasteiger partial charge in [-0.15, -0.1) is 0 Å². The Morgan fingerprint density at radius 2 is 2.00 bits per heavy atom. The minimum absolute atomic E-state index is 0.0678. The topological polar surface area (TPSA) is 84.7 Å². The zero-order valence-corrected chi connectivity index (χ0v) is 19.9. The molecule has 8 heteroatoms. The Labute approximate surface area is 205 Å².